The van der Waals surface area contributed by atoms with E-state index in [1.807, 2.05) is 19.9 Å². The van der Waals surface area contributed by atoms with E-state index >= 15 is 0 Å². The van der Waals surface area contributed by atoms with Gasteiger partial charge in [-0.25, -0.2) is 15.0 Å². The first kappa shape index (κ1) is 25.4. The first-order valence-corrected chi connectivity index (χ1v) is 11.1. The van der Waals surface area contributed by atoms with Crippen molar-refractivity contribution in [2.45, 2.75) is 20.0 Å². The molecule has 4 N–H and O–H groups in total. The Hall–Kier alpha value is -4.68. The van der Waals surface area contributed by atoms with E-state index in [4.69, 9.17) is 0 Å². The quantitative estimate of drug-likeness (QED) is 0.280. The molecule has 0 saturated carbocycles. The molecule has 10 nitrogen and oxygen atoms in total. The lowest BCUT2D eigenvalue weighted by Gasteiger charge is -2.14. The summed E-state index contributed by atoms with van der Waals surface area (Å²) in [6.45, 7) is 3.72. The Morgan fingerprint density at radius 1 is 0.946 bits per heavy atom. The summed E-state index contributed by atoms with van der Waals surface area (Å²) in [7, 11) is 3.17. The minimum Gasteiger partial charge on any atom is -0.373 e. The molecule has 0 bridgehead atoms. The smallest absolute Gasteiger partial charge is 0.373 e. The van der Waals surface area contributed by atoms with Crippen molar-refractivity contribution in [2.24, 2.45) is 0 Å². The molecule has 0 atom stereocenters. The molecular weight excluding hydrogens is 487 g/mol. The van der Waals surface area contributed by atoms with Crippen LogP contribution in [0.25, 0.3) is 5.82 Å². The van der Waals surface area contributed by atoms with Crippen molar-refractivity contribution in [2.75, 3.05) is 35.4 Å². The first-order valence-electron chi connectivity index (χ1n) is 11.1. The molecule has 192 valence electrons. The largest absolute Gasteiger partial charge is 0.433 e. The third kappa shape index (κ3) is 5.77. The van der Waals surface area contributed by atoms with Crippen LogP contribution in [-0.4, -0.2) is 44.7 Å². The molecule has 0 aliphatic heterocycles. The average molecular weight is 512 g/mol. The summed E-state index contributed by atoms with van der Waals surface area (Å²) >= 11 is 0. The van der Waals surface area contributed by atoms with Gasteiger partial charge in [0.15, 0.2) is 5.82 Å². The normalized spacial score (nSPS) is 11.2. The maximum absolute atomic E-state index is 13.2. The fourth-order valence-corrected chi connectivity index (χ4v) is 3.47. The van der Waals surface area contributed by atoms with Gasteiger partial charge in [0.25, 0.3) is 5.91 Å². The van der Waals surface area contributed by atoms with Crippen LogP contribution in [0.5, 0.6) is 0 Å². The Morgan fingerprint density at radius 2 is 1.70 bits per heavy atom. The highest BCUT2D eigenvalue weighted by Crippen LogP contribution is 2.30. The number of pyridine rings is 1. The molecule has 0 fully saturated rings. The predicted molar refractivity (Wildman–Crippen MR) is 135 cm³/mol. The van der Waals surface area contributed by atoms with Gasteiger partial charge in [0.2, 0.25) is 0 Å². The number of carbonyl (C=O) groups is 1. The van der Waals surface area contributed by atoms with Gasteiger partial charge in [-0.05, 0) is 43.7 Å². The first-order chi connectivity index (χ1) is 17.6. The zero-order valence-corrected chi connectivity index (χ0v) is 20.4. The fraction of sp³-hybridized carbons (Fsp3) is 0.208. The third-order valence-corrected chi connectivity index (χ3v) is 5.35. The Morgan fingerprint density at radius 3 is 2.41 bits per heavy atom. The van der Waals surface area contributed by atoms with E-state index in [0.29, 0.717) is 34.9 Å². The number of anilines is 5. The monoisotopic (exact) mass is 511 g/mol. The molecule has 1 aromatic carbocycles. The number of halogens is 3. The van der Waals surface area contributed by atoms with Crippen molar-refractivity contribution >= 4 is 34.7 Å². The number of benzene rings is 1. The molecule has 37 heavy (non-hydrogen) atoms. The van der Waals surface area contributed by atoms with Crippen LogP contribution in [0.4, 0.5) is 42.0 Å². The lowest BCUT2D eigenvalue weighted by atomic mass is 10.1. The lowest BCUT2D eigenvalue weighted by molar-refractivity contribution is -0.141. The summed E-state index contributed by atoms with van der Waals surface area (Å²) in [4.78, 5) is 24.7. The number of hydrogen-bond donors (Lipinski definition) is 4. The maximum atomic E-state index is 13.2. The van der Waals surface area contributed by atoms with Crippen LogP contribution < -0.4 is 21.3 Å². The SMILES string of the molecule is CNc1cc(-n2nc(C)cc2Nc2cc(NC(=O)c3cc(NC)nc(C(F)(F)F)c3)ccc2C)ncn1. The van der Waals surface area contributed by atoms with Crippen molar-refractivity contribution < 1.29 is 18.0 Å². The molecular formula is C24H24F3N9O. The van der Waals surface area contributed by atoms with E-state index < -0.39 is 17.8 Å². The van der Waals surface area contributed by atoms with Crippen LogP contribution in [0.15, 0.2) is 48.8 Å². The summed E-state index contributed by atoms with van der Waals surface area (Å²) < 4.78 is 41.3. The second-order valence-corrected chi connectivity index (χ2v) is 8.08. The number of alkyl halides is 3. The van der Waals surface area contributed by atoms with Crippen LogP contribution in [0, 0.1) is 13.8 Å². The van der Waals surface area contributed by atoms with Gasteiger partial charge in [0, 0.05) is 43.2 Å². The lowest BCUT2D eigenvalue weighted by Crippen LogP contribution is -2.16. The number of rotatable bonds is 7. The number of aromatic nitrogens is 5. The maximum Gasteiger partial charge on any atom is 0.433 e. The third-order valence-electron chi connectivity index (χ3n) is 5.35. The number of aryl methyl sites for hydroxylation is 2. The summed E-state index contributed by atoms with van der Waals surface area (Å²) in [5.41, 5.74) is 1.31. The topological polar surface area (TPSA) is 122 Å². The number of nitrogens with one attached hydrogen (secondary N) is 4. The molecule has 0 aliphatic rings. The molecule has 4 aromatic rings. The summed E-state index contributed by atoms with van der Waals surface area (Å²) in [5, 5.41) is 16.0. The Kier molecular flexibility index (Phi) is 6.96. The van der Waals surface area contributed by atoms with Crippen molar-refractivity contribution in [3.63, 3.8) is 0 Å². The summed E-state index contributed by atoms with van der Waals surface area (Å²) in [6.07, 6.45) is -3.27. The highest BCUT2D eigenvalue weighted by atomic mass is 19.4. The van der Waals surface area contributed by atoms with Crippen LogP contribution in [0.1, 0.15) is 27.3 Å². The molecule has 13 heteroatoms. The van der Waals surface area contributed by atoms with Crippen molar-refractivity contribution in [3.05, 3.63) is 71.3 Å². The zero-order valence-electron chi connectivity index (χ0n) is 20.4. The zero-order chi connectivity index (χ0) is 26.7. The van der Waals surface area contributed by atoms with Gasteiger partial charge in [-0.2, -0.15) is 23.0 Å². The Balaban J connectivity index is 1.61. The molecule has 0 unspecified atom stereocenters. The fourth-order valence-electron chi connectivity index (χ4n) is 3.47. The molecule has 0 spiro atoms. The molecule has 0 radical (unpaired) electrons. The Labute approximate surface area is 210 Å². The molecule has 0 aliphatic carbocycles. The van der Waals surface area contributed by atoms with Crippen LogP contribution >= 0.6 is 0 Å². The molecule has 4 rings (SSSR count). The molecule has 0 saturated heterocycles. The van der Waals surface area contributed by atoms with Gasteiger partial charge < -0.3 is 21.3 Å². The van der Waals surface area contributed by atoms with Gasteiger partial charge in [0.05, 0.1) is 5.69 Å². The van der Waals surface area contributed by atoms with Crippen molar-refractivity contribution in [1.29, 1.82) is 0 Å². The molecule has 3 heterocycles. The predicted octanol–water partition coefficient (Wildman–Crippen LogP) is 4.77. The summed E-state index contributed by atoms with van der Waals surface area (Å²) in [5.74, 6) is 1.00. The van der Waals surface area contributed by atoms with E-state index in [-0.39, 0.29) is 11.4 Å². The Bertz CT molecular complexity index is 1450. The average Bonchev–Trinajstić information content (AvgIpc) is 3.25. The molecule has 3 aromatic heterocycles. The van der Waals surface area contributed by atoms with Crippen molar-refractivity contribution in [3.8, 4) is 5.82 Å². The number of amides is 1. The van der Waals surface area contributed by atoms with E-state index in [9.17, 15) is 18.0 Å². The number of hydrogen-bond acceptors (Lipinski definition) is 8. The summed E-state index contributed by atoms with van der Waals surface area (Å²) in [6, 6.07) is 10.7. The minimum atomic E-state index is -4.69. The van der Waals surface area contributed by atoms with Crippen LogP contribution in [0.2, 0.25) is 0 Å². The second-order valence-electron chi connectivity index (χ2n) is 8.08. The van der Waals surface area contributed by atoms with Gasteiger partial charge in [-0.15, -0.1) is 0 Å². The highest BCUT2D eigenvalue weighted by molar-refractivity contribution is 6.05. The van der Waals surface area contributed by atoms with E-state index in [2.05, 4.69) is 41.3 Å². The van der Waals surface area contributed by atoms with Crippen LogP contribution in [-0.2, 0) is 6.18 Å². The van der Waals surface area contributed by atoms with E-state index in [1.165, 1.54) is 19.4 Å². The van der Waals surface area contributed by atoms with Gasteiger partial charge in [0.1, 0.15) is 29.5 Å². The molecule has 1 amide bonds. The van der Waals surface area contributed by atoms with Gasteiger partial charge >= 0.3 is 6.18 Å². The van der Waals surface area contributed by atoms with Gasteiger partial charge in [-0.3, -0.25) is 4.79 Å². The van der Waals surface area contributed by atoms with Crippen LogP contribution in [0.3, 0.4) is 0 Å². The van der Waals surface area contributed by atoms with Crippen molar-refractivity contribution in [1.82, 2.24) is 24.7 Å². The standard InChI is InChI=1S/C24H24F3N9O/c1-13-5-6-16(32-23(37)15-8-18(24(25,26)27)34-20(9-15)29-4)10-17(13)33-22-7-14(2)35-36(22)21-11-19(28-3)30-12-31-21/h5-12,33H,1-4H3,(H,29,34)(H,32,37)(H,28,30,31). The minimum absolute atomic E-state index is 0.0685. The number of nitrogens with zero attached hydrogens (tertiary/aromatic N) is 5. The number of carbonyl (C=O) groups excluding carboxylic acids is 1. The van der Waals surface area contributed by atoms with Gasteiger partial charge in [-0.1, -0.05) is 6.07 Å². The highest BCUT2D eigenvalue weighted by Gasteiger charge is 2.33. The van der Waals surface area contributed by atoms with E-state index in [1.54, 1.807) is 36.0 Å². The second kappa shape index (κ2) is 10.1. The van der Waals surface area contributed by atoms with E-state index in [0.717, 1.165) is 11.3 Å².